The highest BCUT2D eigenvalue weighted by molar-refractivity contribution is 6.02. The van der Waals surface area contributed by atoms with Crippen LogP contribution < -0.4 is 10.1 Å². The van der Waals surface area contributed by atoms with Crippen molar-refractivity contribution in [2.24, 2.45) is 0 Å². The lowest BCUT2D eigenvalue weighted by atomic mass is 10.2. The number of nitriles is 1. The number of carbonyl (C=O) groups is 1. The molecule has 0 unspecified atom stereocenters. The molecule has 1 aromatic heterocycles. The average Bonchev–Trinajstić information content (AvgIpc) is 3.11. The summed E-state index contributed by atoms with van der Waals surface area (Å²) < 4.78 is 10.5. The van der Waals surface area contributed by atoms with E-state index >= 15 is 0 Å². The van der Waals surface area contributed by atoms with Crippen molar-refractivity contribution in [2.75, 3.05) is 5.32 Å². The molecule has 0 atom stereocenters. The Morgan fingerprint density at radius 1 is 1.17 bits per heavy atom. The molecule has 0 bridgehead atoms. The second-order valence-electron chi connectivity index (χ2n) is 4.95. The SMILES string of the molecule is N#Cc1ccc(NC(=O)c2cc(OCc3ccccc3)no2)cc1. The highest BCUT2D eigenvalue weighted by atomic mass is 16.5. The first kappa shape index (κ1) is 15.3. The minimum absolute atomic E-state index is 0.0439. The molecule has 0 saturated heterocycles. The van der Waals surface area contributed by atoms with E-state index < -0.39 is 5.91 Å². The van der Waals surface area contributed by atoms with E-state index in [0.29, 0.717) is 17.9 Å². The molecule has 0 aliphatic rings. The first-order valence-corrected chi connectivity index (χ1v) is 7.19. The number of benzene rings is 2. The lowest BCUT2D eigenvalue weighted by Gasteiger charge is -2.02. The Labute approximate surface area is 138 Å². The second kappa shape index (κ2) is 7.11. The van der Waals surface area contributed by atoms with Crippen molar-refractivity contribution in [1.82, 2.24) is 5.16 Å². The van der Waals surface area contributed by atoms with E-state index in [4.69, 9.17) is 14.5 Å². The molecule has 3 rings (SSSR count). The van der Waals surface area contributed by atoms with Crippen LogP contribution in [0.5, 0.6) is 5.88 Å². The van der Waals surface area contributed by atoms with Crippen LogP contribution in [0.15, 0.2) is 65.2 Å². The third-order valence-corrected chi connectivity index (χ3v) is 3.21. The number of ether oxygens (including phenoxy) is 1. The van der Waals surface area contributed by atoms with E-state index in [1.165, 1.54) is 6.07 Å². The Hall–Kier alpha value is -3.59. The van der Waals surface area contributed by atoms with Crippen LogP contribution in [0.3, 0.4) is 0 Å². The van der Waals surface area contributed by atoms with Crippen LogP contribution >= 0.6 is 0 Å². The first-order chi connectivity index (χ1) is 11.7. The summed E-state index contributed by atoms with van der Waals surface area (Å²) in [5, 5.41) is 15.1. The zero-order valence-electron chi connectivity index (χ0n) is 12.6. The van der Waals surface area contributed by atoms with Gasteiger partial charge in [0.15, 0.2) is 0 Å². The summed E-state index contributed by atoms with van der Waals surface area (Å²) in [5.74, 6) is -0.159. The van der Waals surface area contributed by atoms with Gasteiger partial charge in [-0.1, -0.05) is 30.3 Å². The molecule has 3 aromatic rings. The van der Waals surface area contributed by atoms with Gasteiger partial charge in [-0.15, -0.1) is 0 Å². The number of rotatable bonds is 5. The summed E-state index contributed by atoms with van der Waals surface area (Å²) in [4.78, 5) is 12.1. The van der Waals surface area contributed by atoms with E-state index in [-0.39, 0.29) is 11.6 Å². The summed E-state index contributed by atoms with van der Waals surface area (Å²) in [6.45, 7) is 0.337. The van der Waals surface area contributed by atoms with Crippen LogP contribution in [-0.2, 0) is 6.61 Å². The van der Waals surface area contributed by atoms with Gasteiger partial charge in [-0.25, -0.2) is 0 Å². The topological polar surface area (TPSA) is 88.2 Å². The van der Waals surface area contributed by atoms with Gasteiger partial charge in [-0.2, -0.15) is 5.26 Å². The summed E-state index contributed by atoms with van der Waals surface area (Å²) in [5.41, 5.74) is 2.07. The molecule has 6 nitrogen and oxygen atoms in total. The Balaban J connectivity index is 1.59. The largest absolute Gasteiger partial charge is 0.471 e. The monoisotopic (exact) mass is 319 g/mol. The van der Waals surface area contributed by atoms with Gasteiger partial charge in [0.25, 0.3) is 11.8 Å². The quantitative estimate of drug-likeness (QED) is 0.779. The molecule has 24 heavy (non-hydrogen) atoms. The maximum atomic E-state index is 12.1. The number of aromatic nitrogens is 1. The molecule has 0 aliphatic carbocycles. The zero-order valence-corrected chi connectivity index (χ0v) is 12.6. The van der Waals surface area contributed by atoms with Crippen molar-refractivity contribution < 1.29 is 14.1 Å². The molecule has 0 radical (unpaired) electrons. The maximum absolute atomic E-state index is 12.1. The molecular formula is C18H13N3O3. The van der Waals surface area contributed by atoms with Gasteiger partial charge in [-0.3, -0.25) is 4.79 Å². The van der Waals surface area contributed by atoms with Crippen molar-refractivity contribution in [2.45, 2.75) is 6.61 Å². The molecule has 118 valence electrons. The molecule has 0 fully saturated rings. The van der Waals surface area contributed by atoms with Crippen LogP contribution in [0.1, 0.15) is 21.7 Å². The van der Waals surface area contributed by atoms with Gasteiger partial charge >= 0.3 is 0 Å². The Bertz CT molecular complexity index is 865. The minimum Gasteiger partial charge on any atom is -0.471 e. The van der Waals surface area contributed by atoms with Crippen molar-refractivity contribution >= 4 is 11.6 Å². The third-order valence-electron chi connectivity index (χ3n) is 3.21. The third kappa shape index (κ3) is 3.78. The number of hydrogen-bond acceptors (Lipinski definition) is 5. The summed E-state index contributed by atoms with van der Waals surface area (Å²) >= 11 is 0. The van der Waals surface area contributed by atoms with Crippen LogP contribution in [0, 0.1) is 11.3 Å². The number of nitrogens with one attached hydrogen (secondary N) is 1. The summed E-state index contributed by atoms with van der Waals surface area (Å²) in [6, 6.07) is 19.6. The molecule has 0 spiro atoms. The van der Waals surface area contributed by atoms with E-state index in [1.807, 2.05) is 36.4 Å². The Morgan fingerprint density at radius 3 is 2.62 bits per heavy atom. The highest BCUT2D eigenvalue weighted by Gasteiger charge is 2.14. The van der Waals surface area contributed by atoms with E-state index in [0.717, 1.165) is 5.56 Å². The number of amides is 1. The highest BCUT2D eigenvalue weighted by Crippen LogP contribution is 2.16. The zero-order chi connectivity index (χ0) is 16.8. The summed E-state index contributed by atoms with van der Waals surface area (Å²) in [6.07, 6.45) is 0. The number of hydrogen-bond donors (Lipinski definition) is 1. The van der Waals surface area contributed by atoms with Gasteiger partial charge in [0.2, 0.25) is 5.76 Å². The Morgan fingerprint density at radius 2 is 1.92 bits per heavy atom. The molecule has 1 amide bonds. The van der Waals surface area contributed by atoms with Crippen LogP contribution in [0.2, 0.25) is 0 Å². The van der Waals surface area contributed by atoms with Crippen molar-refractivity contribution in [3.8, 4) is 11.9 Å². The molecular weight excluding hydrogens is 306 g/mol. The van der Waals surface area contributed by atoms with E-state index in [1.54, 1.807) is 24.3 Å². The average molecular weight is 319 g/mol. The van der Waals surface area contributed by atoms with Gasteiger partial charge in [-0.05, 0) is 35.0 Å². The van der Waals surface area contributed by atoms with Crippen molar-refractivity contribution in [1.29, 1.82) is 5.26 Å². The second-order valence-corrected chi connectivity index (χ2v) is 4.95. The standard InChI is InChI=1S/C18H13N3O3/c19-11-13-6-8-15(9-7-13)20-18(22)16-10-17(21-24-16)23-12-14-4-2-1-3-5-14/h1-10H,12H2,(H,20,22). The number of nitrogens with zero attached hydrogens (tertiary/aromatic N) is 2. The van der Waals surface area contributed by atoms with Gasteiger partial charge < -0.3 is 14.6 Å². The van der Waals surface area contributed by atoms with Crippen LogP contribution in [0.25, 0.3) is 0 Å². The molecule has 0 saturated carbocycles. The minimum atomic E-state index is -0.443. The normalized spacial score (nSPS) is 9.96. The van der Waals surface area contributed by atoms with Crippen LogP contribution in [0.4, 0.5) is 5.69 Å². The predicted octanol–water partition coefficient (Wildman–Crippen LogP) is 3.38. The smallest absolute Gasteiger partial charge is 0.294 e. The van der Waals surface area contributed by atoms with E-state index in [2.05, 4.69) is 10.5 Å². The first-order valence-electron chi connectivity index (χ1n) is 7.19. The maximum Gasteiger partial charge on any atom is 0.294 e. The molecule has 6 heteroatoms. The number of anilines is 1. The molecule has 1 heterocycles. The molecule has 2 aromatic carbocycles. The van der Waals surface area contributed by atoms with Gasteiger partial charge in [0, 0.05) is 5.69 Å². The summed E-state index contributed by atoms with van der Waals surface area (Å²) in [7, 11) is 0. The van der Waals surface area contributed by atoms with Crippen molar-refractivity contribution in [3.05, 3.63) is 77.6 Å². The molecule has 1 N–H and O–H groups in total. The fourth-order valence-corrected chi connectivity index (χ4v) is 1.99. The molecule has 0 aliphatic heterocycles. The fourth-order valence-electron chi connectivity index (χ4n) is 1.99. The van der Waals surface area contributed by atoms with Crippen molar-refractivity contribution in [3.63, 3.8) is 0 Å². The van der Waals surface area contributed by atoms with Crippen LogP contribution in [-0.4, -0.2) is 11.1 Å². The van der Waals surface area contributed by atoms with E-state index in [9.17, 15) is 4.79 Å². The Kier molecular flexibility index (Phi) is 4.54. The van der Waals surface area contributed by atoms with Gasteiger partial charge in [0.1, 0.15) is 6.61 Å². The predicted molar refractivity (Wildman–Crippen MR) is 86.4 cm³/mol. The number of carbonyl (C=O) groups excluding carboxylic acids is 1. The lowest BCUT2D eigenvalue weighted by Crippen LogP contribution is -2.10. The van der Waals surface area contributed by atoms with Gasteiger partial charge in [0.05, 0.1) is 17.7 Å². The lowest BCUT2D eigenvalue weighted by molar-refractivity contribution is 0.0987. The fraction of sp³-hybridized carbons (Fsp3) is 0.0556.